The van der Waals surface area contributed by atoms with Crippen molar-refractivity contribution in [1.82, 2.24) is 0 Å². The largest absolute Gasteiger partial charge is 0.497 e. The molecule has 0 aliphatic heterocycles. The van der Waals surface area contributed by atoms with Crippen molar-refractivity contribution in [2.45, 2.75) is 13.0 Å². The first-order valence-electron chi connectivity index (χ1n) is 5.35. The molecular weight excluding hydrogens is 200 g/mol. The quantitative estimate of drug-likeness (QED) is 0.781. The standard InChI is InChI=1S/C14H16O2/c1-10(15-2)11-4-5-13-9-14(16-3)7-6-12(13)8-11/h4-10H,1-3H3. The minimum absolute atomic E-state index is 0.131. The molecule has 0 saturated heterocycles. The first-order valence-corrected chi connectivity index (χ1v) is 5.35. The molecule has 0 heterocycles. The van der Waals surface area contributed by atoms with Crippen LogP contribution in [0.25, 0.3) is 10.8 Å². The van der Waals surface area contributed by atoms with Crippen LogP contribution in [-0.2, 0) is 4.74 Å². The summed E-state index contributed by atoms with van der Waals surface area (Å²) in [5.74, 6) is 0.889. The van der Waals surface area contributed by atoms with Gasteiger partial charge in [-0.2, -0.15) is 0 Å². The molecule has 2 nitrogen and oxygen atoms in total. The molecule has 0 aromatic heterocycles. The fourth-order valence-electron chi connectivity index (χ4n) is 1.76. The SMILES string of the molecule is COc1ccc2cc(C(C)OC)ccc2c1. The summed E-state index contributed by atoms with van der Waals surface area (Å²) in [7, 11) is 3.41. The highest BCUT2D eigenvalue weighted by molar-refractivity contribution is 5.84. The second-order valence-corrected chi connectivity index (χ2v) is 3.85. The van der Waals surface area contributed by atoms with Crippen LogP contribution in [0.15, 0.2) is 36.4 Å². The Labute approximate surface area is 95.8 Å². The molecule has 0 bridgehead atoms. The average molecular weight is 216 g/mol. The van der Waals surface area contributed by atoms with Crippen molar-refractivity contribution in [1.29, 1.82) is 0 Å². The monoisotopic (exact) mass is 216 g/mol. The molecule has 1 atom stereocenters. The Hall–Kier alpha value is -1.54. The molecule has 2 heteroatoms. The van der Waals surface area contributed by atoms with Gasteiger partial charge >= 0.3 is 0 Å². The summed E-state index contributed by atoms with van der Waals surface area (Å²) >= 11 is 0. The molecule has 84 valence electrons. The summed E-state index contributed by atoms with van der Waals surface area (Å²) in [6, 6.07) is 12.4. The Bertz CT molecular complexity index is 491. The molecule has 0 fully saturated rings. The summed E-state index contributed by atoms with van der Waals surface area (Å²) < 4.78 is 10.5. The molecule has 0 N–H and O–H groups in total. The fraction of sp³-hybridized carbons (Fsp3) is 0.286. The van der Waals surface area contributed by atoms with Gasteiger partial charge in [0.25, 0.3) is 0 Å². The molecule has 0 spiro atoms. The van der Waals surface area contributed by atoms with E-state index >= 15 is 0 Å². The van der Waals surface area contributed by atoms with E-state index in [-0.39, 0.29) is 6.10 Å². The van der Waals surface area contributed by atoms with Gasteiger partial charge in [0.05, 0.1) is 13.2 Å². The third-order valence-electron chi connectivity index (χ3n) is 2.89. The van der Waals surface area contributed by atoms with Crippen LogP contribution >= 0.6 is 0 Å². The number of rotatable bonds is 3. The predicted molar refractivity (Wildman–Crippen MR) is 65.9 cm³/mol. The normalized spacial score (nSPS) is 12.7. The predicted octanol–water partition coefficient (Wildman–Crippen LogP) is 3.56. The first kappa shape index (κ1) is 11.0. The van der Waals surface area contributed by atoms with E-state index in [1.165, 1.54) is 16.3 Å². The summed E-state index contributed by atoms with van der Waals surface area (Å²) in [5.41, 5.74) is 1.19. The van der Waals surface area contributed by atoms with Gasteiger partial charge in [-0.1, -0.05) is 18.2 Å². The zero-order valence-corrected chi connectivity index (χ0v) is 9.86. The molecule has 2 aromatic rings. The smallest absolute Gasteiger partial charge is 0.119 e. The van der Waals surface area contributed by atoms with Crippen LogP contribution in [0.3, 0.4) is 0 Å². The van der Waals surface area contributed by atoms with Gasteiger partial charge in [0.15, 0.2) is 0 Å². The molecule has 2 aromatic carbocycles. The van der Waals surface area contributed by atoms with Crippen molar-refractivity contribution in [3.8, 4) is 5.75 Å². The lowest BCUT2D eigenvalue weighted by Gasteiger charge is -2.11. The van der Waals surface area contributed by atoms with E-state index in [9.17, 15) is 0 Å². The number of fused-ring (bicyclic) bond motifs is 1. The highest BCUT2D eigenvalue weighted by Gasteiger charge is 2.04. The van der Waals surface area contributed by atoms with Crippen molar-refractivity contribution in [2.75, 3.05) is 14.2 Å². The van der Waals surface area contributed by atoms with E-state index in [0.717, 1.165) is 5.75 Å². The van der Waals surface area contributed by atoms with Crippen LogP contribution in [0.2, 0.25) is 0 Å². The van der Waals surface area contributed by atoms with E-state index in [0.29, 0.717) is 0 Å². The molecule has 0 aliphatic rings. The highest BCUT2D eigenvalue weighted by atomic mass is 16.5. The molecule has 0 aliphatic carbocycles. The summed E-state index contributed by atoms with van der Waals surface area (Å²) in [6.45, 7) is 2.05. The van der Waals surface area contributed by atoms with Crippen molar-refractivity contribution in [3.05, 3.63) is 42.0 Å². The summed E-state index contributed by atoms with van der Waals surface area (Å²) in [4.78, 5) is 0. The second-order valence-electron chi connectivity index (χ2n) is 3.85. The maximum Gasteiger partial charge on any atom is 0.119 e. The fourth-order valence-corrected chi connectivity index (χ4v) is 1.76. The van der Waals surface area contributed by atoms with Crippen LogP contribution < -0.4 is 4.74 Å². The van der Waals surface area contributed by atoms with E-state index in [4.69, 9.17) is 9.47 Å². The first-order chi connectivity index (χ1) is 7.74. The average Bonchev–Trinajstić information content (AvgIpc) is 2.36. The molecule has 0 amide bonds. The second kappa shape index (κ2) is 4.54. The summed E-state index contributed by atoms with van der Waals surface area (Å²) in [6.07, 6.45) is 0.131. The van der Waals surface area contributed by atoms with Gasteiger partial charge in [-0.05, 0) is 41.5 Å². The van der Waals surface area contributed by atoms with Gasteiger partial charge in [0, 0.05) is 7.11 Å². The van der Waals surface area contributed by atoms with E-state index < -0.39 is 0 Å². The molecule has 2 rings (SSSR count). The van der Waals surface area contributed by atoms with Gasteiger partial charge in [-0.3, -0.25) is 0 Å². The molecule has 1 unspecified atom stereocenters. The third kappa shape index (κ3) is 2.02. The van der Waals surface area contributed by atoms with Crippen LogP contribution in [-0.4, -0.2) is 14.2 Å². The summed E-state index contributed by atoms with van der Waals surface area (Å²) in [5, 5.41) is 2.40. The minimum atomic E-state index is 0.131. The zero-order chi connectivity index (χ0) is 11.5. The number of ether oxygens (including phenoxy) is 2. The Kier molecular flexibility index (Phi) is 3.11. The lowest BCUT2D eigenvalue weighted by atomic mass is 10.0. The maximum atomic E-state index is 5.31. The number of hydrogen-bond acceptors (Lipinski definition) is 2. The van der Waals surface area contributed by atoms with Gasteiger partial charge < -0.3 is 9.47 Å². The van der Waals surface area contributed by atoms with Crippen LogP contribution in [0.1, 0.15) is 18.6 Å². The maximum absolute atomic E-state index is 5.31. The zero-order valence-electron chi connectivity index (χ0n) is 9.86. The molecule has 0 saturated carbocycles. The van der Waals surface area contributed by atoms with Crippen LogP contribution in [0.5, 0.6) is 5.75 Å². The van der Waals surface area contributed by atoms with Crippen molar-refractivity contribution in [2.24, 2.45) is 0 Å². The number of benzene rings is 2. The Morgan fingerprint density at radius 3 is 2.31 bits per heavy atom. The third-order valence-corrected chi connectivity index (χ3v) is 2.89. The lowest BCUT2D eigenvalue weighted by Crippen LogP contribution is -1.95. The molecule has 0 radical (unpaired) electrons. The van der Waals surface area contributed by atoms with Gasteiger partial charge in [0.1, 0.15) is 5.75 Å². The van der Waals surface area contributed by atoms with E-state index in [1.807, 2.05) is 19.1 Å². The van der Waals surface area contributed by atoms with Crippen molar-refractivity contribution < 1.29 is 9.47 Å². The number of hydrogen-bond donors (Lipinski definition) is 0. The van der Waals surface area contributed by atoms with E-state index in [1.54, 1.807) is 14.2 Å². The van der Waals surface area contributed by atoms with Gasteiger partial charge in [0.2, 0.25) is 0 Å². The van der Waals surface area contributed by atoms with Gasteiger partial charge in [-0.15, -0.1) is 0 Å². The Balaban J connectivity index is 2.47. The van der Waals surface area contributed by atoms with Crippen molar-refractivity contribution >= 4 is 10.8 Å². The topological polar surface area (TPSA) is 18.5 Å². The number of methoxy groups -OCH3 is 2. The lowest BCUT2D eigenvalue weighted by molar-refractivity contribution is 0.119. The van der Waals surface area contributed by atoms with Crippen molar-refractivity contribution in [3.63, 3.8) is 0 Å². The highest BCUT2D eigenvalue weighted by Crippen LogP contribution is 2.25. The van der Waals surface area contributed by atoms with E-state index in [2.05, 4.69) is 24.3 Å². The Morgan fingerprint density at radius 1 is 0.938 bits per heavy atom. The van der Waals surface area contributed by atoms with Crippen LogP contribution in [0, 0.1) is 0 Å². The minimum Gasteiger partial charge on any atom is -0.497 e. The van der Waals surface area contributed by atoms with Crippen LogP contribution in [0.4, 0.5) is 0 Å². The van der Waals surface area contributed by atoms with Gasteiger partial charge in [-0.25, -0.2) is 0 Å². The molecule has 16 heavy (non-hydrogen) atoms. The molecular formula is C14H16O2. The Morgan fingerprint density at radius 2 is 1.62 bits per heavy atom.